The molecular weight excluding hydrogens is 236 g/mol. The molecule has 1 heterocycles. The molecule has 0 unspecified atom stereocenters. The summed E-state index contributed by atoms with van der Waals surface area (Å²) in [6, 6.07) is 0. The number of amides is 1. The first-order chi connectivity index (χ1) is 8.29. The van der Waals surface area contributed by atoms with Crippen LogP contribution in [0.5, 0.6) is 0 Å². The summed E-state index contributed by atoms with van der Waals surface area (Å²) in [6.07, 6.45) is 7.06. The van der Waals surface area contributed by atoms with Gasteiger partial charge in [-0.15, -0.1) is 11.6 Å². The molecule has 0 aromatic heterocycles. The first-order valence-electron chi connectivity index (χ1n) is 6.85. The van der Waals surface area contributed by atoms with Crippen molar-refractivity contribution >= 4 is 17.5 Å². The molecule has 0 radical (unpaired) electrons. The van der Waals surface area contributed by atoms with Gasteiger partial charge in [0.05, 0.1) is 0 Å². The maximum atomic E-state index is 11.4. The van der Waals surface area contributed by atoms with Crippen LogP contribution in [0.3, 0.4) is 0 Å². The second-order valence-corrected chi connectivity index (χ2v) is 5.59. The minimum absolute atomic E-state index is 0.0870. The molecule has 2 fully saturated rings. The smallest absolute Gasteiger partial charge is 0.237 e. The molecule has 1 saturated heterocycles. The Bertz CT molecular complexity index is 246. The number of halogens is 1. The minimum Gasteiger partial charge on any atom is -0.339 e. The van der Waals surface area contributed by atoms with Gasteiger partial charge in [0.1, 0.15) is 5.88 Å². The van der Waals surface area contributed by atoms with Crippen LogP contribution < -0.4 is 0 Å². The molecule has 3 nitrogen and oxygen atoms in total. The van der Waals surface area contributed by atoms with E-state index >= 15 is 0 Å². The molecule has 1 aliphatic carbocycles. The molecule has 0 aromatic rings. The molecule has 0 bridgehead atoms. The molecule has 0 aromatic carbocycles. The highest BCUT2D eigenvalue weighted by Crippen LogP contribution is 2.24. The van der Waals surface area contributed by atoms with Crippen LogP contribution in [0, 0.1) is 5.92 Å². The van der Waals surface area contributed by atoms with Crippen LogP contribution in [0.1, 0.15) is 32.1 Å². The quantitative estimate of drug-likeness (QED) is 0.723. The van der Waals surface area contributed by atoms with Gasteiger partial charge < -0.3 is 4.90 Å². The van der Waals surface area contributed by atoms with Crippen molar-refractivity contribution in [3.63, 3.8) is 0 Å². The summed E-state index contributed by atoms with van der Waals surface area (Å²) in [5, 5.41) is 0. The van der Waals surface area contributed by atoms with Gasteiger partial charge >= 0.3 is 0 Å². The van der Waals surface area contributed by atoms with Gasteiger partial charge in [0.15, 0.2) is 0 Å². The fraction of sp³-hybridized carbons (Fsp3) is 0.923. The standard InChI is InChI=1S/C13H23ClN2O/c14-10-13(17)16-8-6-15(7-9-16)11-12-4-2-1-3-5-12/h12H,1-11H2. The molecule has 4 heteroatoms. The lowest BCUT2D eigenvalue weighted by molar-refractivity contribution is -0.130. The van der Waals surface area contributed by atoms with E-state index in [0.29, 0.717) is 0 Å². The zero-order valence-corrected chi connectivity index (χ0v) is 11.3. The lowest BCUT2D eigenvalue weighted by Crippen LogP contribution is -2.50. The van der Waals surface area contributed by atoms with Crippen LogP contribution in [-0.4, -0.2) is 54.3 Å². The second kappa shape index (κ2) is 6.60. The lowest BCUT2D eigenvalue weighted by Gasteiger charge is -2.37. The van der Waals surface area contributed by atoms with Crippen LogP contribution in [-0.2, 0) is 4.79 Å². The average Bonchev–Trinajstić information content (AvgIpc) is 2.40. The predicted molar refractivity (Wildman–Crippen MR) is 70.3 cm³/mol. The number of carbonyl (C=O) groups excluding carboxylic acids is 1. The van der Waals surface area contributed by atoms with Crippen LogP contribution >= 0.6 is 11.6 Å². The van der Waals surface area contributed by atoms with Gasteiger partial charge in [-0.05, 0) is 18.8 Å². The van der Waals surface area contributed by atoms with E-state index in [1.54, 1.807) is 0 Å². The van der Waals surface area contributed by atoms with Crippen LogP contribution in [0.25, 0.3) is 0 Å². The first-order valence-corrected chi connectivity index (χ1v) is 7.39. The number of hydrogen-bond acceptors (Lipinski definition) is 2. The van der Waals surface area contributed by atoms with E-state index in [2.05, 4.69) is 4.90 Å². The van der Waals surface area contributed by atoms with E-state index in [4.69, 9.17) is 11.6 Å². The third-order valence-corrected chi connectivity index (χ3v) is 4.31. The van der Waals surface area contributed by atoms with E-state index in [-0.39, 0.29) is 11.8 Å². The summed E-state index contributed by atoms with van der Waals surface area (Å²) in [5.74, 6) is 1.12. The van der Waals surface area contributed by atoms with Crippen molar-refractivity contribution in [3.8, 4) is 0 Å². The van der Waals surface area contributed by atoms with Crippen molar-refractivity contribution in [2.45, 2.75) is 32.1 Å². The Labute approximate surface area is 109 Å². The molecule has 0 atom stereocenters. The average molecular weight is 259 g/mol. The van der Waals surface area contributed by atoms with Crippen LogP contribution in [0.15, 0.2) is 0 Å². The monoisotopic (exact) mass is 258 g/mol. The normalized spacial score (nSPS) is 23.9. The Morgan fingerprint density at radius 1 is 1.06 bits per heavy atom. The SMILES string of the molecule is O=C(CCl)N1CCN(CC2CCCCC2)CC1. The summed E-state index contributed by atoms with van der Waals surface area (Å²) in [7, 11) is 0. The summed E-state index contributed by atoms with van der Waals surface area (Å²) in [5.41, 5.74) is 0. The van der Waals surface area contributed by atoms with Gasteiger partial charge in [-0.2, -0.15) is 0 Å². The fourth-order valence-corrected chi connectivity index (χ4v) is 3.17. The minimum atomic E-state index is 0.0870. The Kier molecular flexibility index (Phi) is 5.11. The summed E-state index contributed by atoms with van der Waals surface area (Å²) in [6.45, 7) is 5.01. The van der Waals surface area contributed by atoms with Gasteiger partial charge in [0, 0.05) is 32.7 Å². The van der Waals surface area contributed by atoms with Gasteiger partial charge in [-0.1, -0.05) is 19.3 Å². The molecule has 98 valence electrons. The molecule has 17 heavy (non-hydrogen) atoms. The van der Waals surface area contributed by atoms with Gasteiger partial charge in [0.2, 0.25) is 5.91 Å². The van der Waals surface area contributed by atoms with E-state index in [1.165, 1.54) is 38.6 Å². The first kappa shape index (κ1) is 13.2. The van der Waals surface area contributed by atoms with Crippen molar-refractivity contribution in [3.05, 3.63) is 0 Å². The van der Waals surface area contributed by atoms with Crippen molar-refractivity contribution in [1.82, 2.24) is 9.80 Å². The number of rotatable bonds is 3. The molecule has 1 amide bonds. The topological polar surface area (TPSA) is 23.6 Å². The summed E-state index contributed by atoms with van der Waals surface area (Å²) >= 11 is 5.57. The van der Waals surface area contributed by atoms with Gasteiger partial charge in [-0.25, -0.2) is 0 Å². The third-order valence-electron chi connectivity index (χ3n) is 4.08. The Morgan fingerprint density at radius 3 is 2.29 bits per heavy atom. The third kappa shape index (κ3) is 3.85. The summed E-state index contributed by atoms with van der Waals surface area (Å²) < 4.78 is 0. The van der Waals surface area contributed by atoms with Crippen LogP contribution in [0.4, 0.5) is 0 Å². The number of nitrogens with zero attached hydrogens (tertiary/aromatic N) is 2. The molecular formula is C13H23ClN2O. The highest BCUT2D eigenvalue weighted by atomic mass is 35.5. The van der Waals surface area contributed by atoms with E-state index in [9.17, 15) is 4.79 Å². The van der Waals surface area contributed by atoms with Gasteiger partial charge in [-0.3, -0.25) is 9.69 Å². The lowest BCUT2D eigenvalue weighted by atomic mass is 9.89. The van der Waals surface area contributed by atoms with E-state index in [1.807, 2.05) is 4.90 Å². The molecule has 0 N–H and O–H groups in total. The number of alkyl halides is 1. The van der Waals surface area contributed by atoms with Crippen molar-refractivity contribution in [2.75, 3.05) is 38.6 Å². The molecule has 2 aliphatic rings. The predicted octanol–water partition coefficient (Wildman–Crippen LogP) is 1.95. The maximum absolute atomic E-state index is 11.4. The second-order valence-electron chi connectivity index (χ2n) is 5.32. The highest BCUT2D eigenvalue weighted by molar-refractivity contribution is 6.27. The molecule has 1 aliphatic heterocycles. The van der Waals surface area contributed by atoms with E-state index in [0.717, 1.165) is 32.1 Å². The Hall–Kier alpha value is -0.280. The Balaban J connectivity index is 1.69. The largest absolute Gasteiger partial charge is 0.339 e. The zero-order chi connectivity index (χ0) is 12.1. The highest BCUT2D eigenvalue weighted by Gasteiger charge is 2.23. The van der Waals surface area contributed by atoms with Crippen molar-refractivity contribution in [2.24, 2.45) is 5.92 Å². The summed E-state index contributed by atoms with van der Waals surface area (Å²) in [4.78, 5) is 15.9. The molecule has 1 saturated carbocycles. The molecule has 2 rings (SSSR count). The van der Waals surface area contributed by atoms with Crippen molar-refractivity contribution in [1.29, 1.82) is 0 Å². The fourth-order valence-electron chi connectivity index (χ4n) is 3.00. The number of piperazine rings is 1. The number of carbonyl (C=O) groups is 1. The molecule has 0 spiro atoms. The maximum Gasteiger partial charge on any atom is 0.237 e. The van der Waals surface area contributed by atoms with Gasteiger partial charge in [0.25, 0.3) is 0 Å². The van der Waals surface area contributed by atoms with Crippen molar-refractivity contribution < 1.29 is 4.79 Å². The number of hydrogen-bond donors (Lipinski definition) is 0. The van der Waals surface area contributed by atoms with E-state index < -0.39 is 0 Å². The Morgan fingerprint density at radius 2 is 1.71 bits per heavy atom. The zero-order valence-electron chi connectivity index (χ0n) is 10.5. The van der Waals surface area contributed by atoms with Crippen LogP contribution in [0.2, 0.25) is 0 Å².